The molecule has 0 fully saturated rings. The lowest BCUT2D eigenvalue weighted by Crippen LogP contribution is -2.44. The molecule has 1 aliphatic heterocycles. The first-order valence-electron chi connectivity index (χ1n) is 8.66. The zero-order valence-electron chi connectivity index (χ0n) is 14.9. The predicted molar refractivity (Wildman–Crippen MR) is 111 cm³/mol. The van der Waals surface area contributed by atoms with Crippen molar-refractivity contribution in [2.24, 2.45) is 0 Å². The van der Waals surface area contributed by atoms with Gasteiger partial charge in [0.25, 0.3) is 5.91 Å². The fourth-order valence-electron chi connectivity index (χ4n) is 2.94. The molecule has 2 aromatic rings. The molecule has 1 unspecified atom stereocenters. The molecule has 0 aromatic heterocycles. The summed E-state index contributed by atoms with van der Waals surface area (Å²) >= 11 is 11.9. The molecule has 5 nitrogen and oxygen atoms in total. The molecule has 1 atom stereocenters. The van der Waals surface area contributed by atoms with Crippen molar-refractivity contribution in [1.82, 2.24) is 4.90 Å². The molecule has 0 bridgehead atoms. The average Bonchev–Trinajstić information content (AvgIpc) is 3.01. The SMILES string of the molecule is O=C(COc1ccc(Cl)cc1Cl)N(CCc1ccccc1)C1C=CS(=O)(=O)C1. The lowest BCUT2D eigenvalue weighted by molar-refractivity contribution is -0.134. The zero-order chi connectivity index (χ0) is 20.1. The maximum atomic E-state index is 12.8. The third-order valence-corrected chi connectivity index (χ3v) is 6.27. The van der Waals surface area contributed by atoms with Gasteiger partial charge in [0.2, 0.25) is 0 Å². The summed E-state index contributed by atoms with van der Waals surface area (Å²) in [4.78, 5) is 14.4. The third kappa shape index (κ3) is 5.50. The van der Waals surface area contributed by atoms with Crippen molar-refractivity contribution >= 4 is 38.9 Å². The number of amides is 1. The van der Waals surface area contributed by atoms with Crippen LogP contribution in [0.15, 0.2) is 60.0 Å². The summed E-state index contributed by atoms with van der Waals surface area (Å²) in [6, 6.07) is 13.9. The second-order valence-electron chi connectivity index (χ2n) is 6.41. The Bertz CT molecular complexity index is 977. The summed E-state index contributed by atoms with van der Waals surface area (Å²) < 4.78 is 29.2. The van der Waals surface area contributed by atoms with Crippen molar-refractivity contribution in [2.45, 2.75) is 12.5 Å². The smallest absolute Gasteiger partial charge is 0.261 e. The van der Waals surface area contributed by atoms with Crippen LogP contribution in [0.3, 0.4) is 0 Å². The first kappa shape index (κ1) is 20.7. The highest BCUT2D eigenvalue weighted by Gasteiger charge is 2.30. The van der Waals surface area contributed by atoms with Crippen molar-refractivity contribution in [1.29, 1.82) is 0 Å². The van der Waals surface area contributed by atoms with Crippen LogP contribution in [0, 0.1) is 0 Å². The van der Waals surface area contributed by atoms with Crippen molar-refractivity contribution in [3.63, 3.8) is 0 Å². The van der Waals surface area contributed by atoms with Gasteiger partial charge in [-0.2, -0.15) is 0 Å². The van der Waals surface area contributed by atoms with Gasteiger partial charge < -0.3 is 9.64 Å². The standard InChI is InChI=1S/C20H19Cl2NO4S/c21-16-6-7-19(18(22)12-16)27-13-20(24)23(17-9-11-28(25,26)14-17)10-8-15-4-2-1-3-5-15/h1-7,9,11-12,17H,8,10,13-14H2. The van der Waals surface area contributed by atoms with Crippen molar-refractivity contribution in [3.8, 4) is 5.75 Å². The molecule has 28 heavy (non-hydrogen) atoms. The summed E-state index contributed by atoms with van der Waals surface area (Å²) in [5.74, 6) is -0.0828. The quantitative estimate of drug-likeness (QED) is 0.658. The van der Waals surface area contributed by atoms with Gasteiger partial charge in [-0.05, 0) is 36.3 Å². The molecule has 1 amide bonds. The Morgan fingerprint density at radius 3 is 2.54 bits per heavy atom. The van der Waals surface area contributed by atoms with Gasteiger partial charge in [0.15, 0.2) is 16.4 Å². The van der Waals surface area contributed by atoms with Gasteiger partial charge in [-0.25, -0.2) is 8.42 Å². The van der Waals surface area contributed by atoms with Gasteiger partial charge in [0, 0.05) is 17.0 Å². The van der Waals surface area contributed by atoms with Gasteiger partial charge in [0.05, 0.1) is 16.8 Å². The molecular weight excluding hydrogens is 421 g/mol. The monoisotopic (exact) mass is 439 g/mol. The molecule has 8 heteroatoms. The number of sulfone groups is 1. The van der Waals surface area contributed by atoms with E-state index in [0.29, 0.717) is 28.8 Å². The summed E-state index contributed by atoms with van der Waals surface area (Å²) in [5, 5.41) is 1.94. The van der Waals surface area contributed by atoms with E-state index in [0.717, 1.165) is 11.0 Å². The number of hydrogen-bond acceptors (Lipinski definition) is 4. The predicted octanol–water partition coefficient (Wildman–Crippen LogP) is 3.75. The summed E-state index contributed by atoms with van der Waals surface area (Å²) in [6.07, 6.45) is 2.16. The van der Waals surface area contributed by atoms with E-state index in [2.05, 4.69) is 0 Å². The van der Waals surface area contributed by atoms with Gasteiger partial charge in [-0.15, -0.1) is 0 Å². The molecule has 2 aromatic carbocycles. The van der Waals surface area contributed by atoms with E-state index in [-0.39, 0.29) is 18.3 Å². The minimum absolute atomic E-state index is 0.116. The van der Waals surface area contributed by atoms with Crippen LogP contribution in [0.5, 0.6) is 5.75 Å². The largest absolute Gasteiger partial charge is 0.482 e. The van der Waals surface area contributed by atoms with E-state index in [1.165, 1.54) is 11.0 Å². The van der Waals surface area contributed by atoms with Crippen LogP contribution in [-0.2, 0) is 21.1 Å². The molecule has 3 rings (SSSR count). The molecule has 148 valence electrons. The lowest BCUT2D eigenvalue weighted by Gasteiger charge is -2.27. The fourth-order valence-corrected chi connectivity index (χ4v) is 4.70. The number of carbonyl (C=O) groups is 1. The topological polar surface area (TPSA) is 63.7 Å². The maximum Gasteiger partial charge on any atom is 0.261 e. The van der Waals surface area contributed by atoms with E-state index in [1.54, 1.807) is 18.2 Å². The number of ether oxygens (including phenoxy) is 1. The van der Waals surface area contributed by atoms with Crippen LogP contribution in [0.25, 0.3) is 0 Å². The van der Waals surface area contributed by atoms with Crippen LogP contribution in [0.2, 0.25) is 10.0 Å². The zero-order valence-corrected chi connectivity index (χ0v) is 17.3. The third-order valence-electron chi connectivity index (χ3n) is 4.36. The Morgan fingerprint density at radius 1 is 1.14 bits per heavy atom. The second kappa shape index (κ2) is 8.99. The molecule has 0 saturated carbocycles. The highest BCUT2D eigenvalue weighted by Crippen LogP contribution is 2.27. The Balaban J connectivity index is 1.69. The molecular formula is C20H19Cl2NO4S. The lowest BCUT2D eigenvalue weighted by atomic mass is 10.1. The van der Waals surface area contributed by atoms with Crippen molar-refractivity contribution in [3.05, 3.63) is 75.6 Å². The van der Waals surface area contributed by atoms with E-state index in [1.807, 2.05) is 30.3 Å². The van der Waals surface area contributed by atoms with Crippen LogP contribution < -0.4 is 4.74 Å². The summed E-state index contributed by atoms with van der Waals surface area (Å²) in [5.41, 5.74) is 1.06. The Morgan fingerprint density at radius 2 is 1.89 bits per heavy atom. The van der Waals surface area contributed by atoms with E-state index >= 15 is 0 Å². The number of rotatable bonds is 7. The number of benzene rings is 2. The molecule has 0 radical (unpaired) electrons. The van der Waals surface area contributed by atoms with E-state index in [9.17, 15) is 13.2 Å². The molecule has 0 aliphatic carbocycles. The molecule has 0 N–H and O–H groups in total. The Hall–Kier alpha value is -2.02. The van der Waals surface area contributed by atoms with Gasteiger partial charge in [-0.3, -0.25) is 4.79 Å². The normalized spacial score (nSPS) is 17.4. The first-order valence-corrected chi connectivity index (χ1v) is 11.1. The first-order chi connectivity index (χ1) is 13.3. The van der Waals surface area contributed by atoms with E-state index in [4.69, 9.17) is 27.9 Å². The number of nitrogens with zero attached hydrogens (tertiary/aromatic N) is 1. The van der Waals surface area contributed by atoms with Gasteiger partial charge in [-0.1, -0.05) is 53.5 Å². The summed E-state index contributed by atoms with van der Waals surface area (Å²) in [6.45, 7) is 0.131. The van der Waals surface area contributed by atoms with Gasteiger partial charge in [0.1, 0.15) is 5.75 Å². The van der Waals surface area contributed by atoms with Crippen molar-refractivity contribution < 1.29 is 17.9 Å². The van der Waals surface area contributed by atoms with Crippen LogP contribution in [-0.4, -0.2) is 44.2 Å². The molecule has 1 heterocycles. The Labute approximate surface area is 174 Å². The average molecular weight is 440 g/mol. The summed E-state index contributed by atoms with van der Waals surface area (Å²) in [7, 11) is -3.29. The Kier molecular flexibility index (Phi) is 6.65. The van der Waals surface area contributed by atoms with Crippen LogP contribution in [0.1, 0.15) is 5.56 Å². The van der Waals surface area contributed by atoms with Gasteiger partial charge >= 0.3 is 0 Å². The number of hydrogen-bond donors (Lipinski definition) is 0. The molecule has 0 saturated heterocycles. The minimum Gasteiger partial charge on any atom is -0.482 e. The van der Waals surface area contributed by atoms with Crippen molar-refractivity contribution in [2.75, 3.05) is 18.9 Å². The van der Waals surface area contributed by atoms with Crippen LogP contribution in [0.4, 0.5) is 0 Å². The minimum atomic E-state index is -3.29. The molecule has 0 spiro atoms. The number of halogens is 2. The highest BCUT2D eigenvalue weighted by atomic mass is 35.5. The fraction of sp³-hybridized carbons (Fsp3) is 0.250. The van der Waals surface area contributed by atoms with E-state index < -0.39 is 15.9 Å². The second-order valence-corrected chi connectivity index (χ2v) is 9.19. The molecule has 1 aliphatic rings. The maximum absolute atomic E-state index is 12.8. The number of carbonyl (C=O) groups excluding carboxylic acids is 1. The highest BCUT2D eigenvalue weighted by molar-refractivity contribution is 7.94. The van der Waals surface area contributed by atoms with Crippen LogP contribution >= 0.6 is 23.2 Å².